The number of benzene rings is 2. The molecular formula is C22H24N4O3. The normalized spacial score (nSPS) is 10.6. The summed E-state index contributed by atoms with van der Waals surface area (Å²) in [5.41, 5.74) is 2.65. The number of esters is 1. The van der Waals surface area contributed by atoms with Crippen molar-refractivity contribution in [3.05, 3.63) is 59.8 Å². The van der Waals surface area contributed by atoms with E-state index in [1.807, 2.05) is 43.0 Å². The number of aromatic nitrogens is 2. The summed E-state index contributed by atoms with van der Waals surface area (Å²) in [4.78, 5) is 36.0. The van der Waals surface area contributed by atoms with Crippen molar-refractivity contribution >= 4 is 34.4 Å². The van der Waals surface area contributed by atoms with E-state index >= 15 is 0 Å². The van der Waals surface area contributed by atoms with E-state index in [1.54, 1.807) is 31.2 Å². The summed E-state index contributed by atoms with van der Waals surface area (Å²) in [7, 11) is 0. The van der Waals surface area contributed by atoms with Gasteiger partial charge in [-0.25, -0.2) is 14.8 Å². The van der Waals surface area contributed by atoms with Gasteiger partial charge in [-0.3, -0.25) is 4.79 Å². The van der Waals surface area contributed by atoms with Crippen LogP contribution in [0.1, 0.15) is 41.6 Å². The predicted octanol–water partition coefficient (Wildman–Crippen LogP) is 3.91. The number of carbonyl (C=O) groups is 2. The Balaban J connectivity index is 1.91. The molecule has 0 saturated heterocycles. The van der Waals surface area contributed by atoms with Crippen molar-refractivity contribution in [2.45, 2.75) is 20.8 Å². The lowest BCUT2D eigenvalue weighted by atomic mass is 10.2. The first kappa shape index (κ1) is 20.3. The molecule has 3 aromatic rings. The molecule has 7 heteroatoms. The minimum Gasteiger partial charge on any atom is -0.462 e. The zero-order valence-corrected chi connectivity index (χ0v) is 16.8. The van der Waals surface area contributed by atoms with Crippen LogP contribution < -0.4 is 10.2 Å². The Bertz CT molecular complexity index is 1010. The number of carbonyl (C=O) groups excluding carboxylic acids is 2. The predicted molar refractivity (Wildman–Crippen MR) is 113 cm³/mol. The molecule has 3 rings (SSSR count). The number of fused-ring (bicyclic) bond motifs is 1. The van der Waals surface area contributed by atoms with Crippen LogP contribution in [0.4, 0.5) is 11.5 Å². The van der Waals surface area contributed by atoms with Gasteiger partial charge in [0.05, 0.1) is 23.2 Å². The van der Waals surface area contributed by atoms with E-state index in [4.69, 9.17) is 4.74 Å². The van der Waals surface area contributed by atoms with E-state index in [1.165, 1.54) is 0 Å². The summed E-state index contributed by atoms with van der Waals surface area (Å²) in [6, 6.07) is 14.0. The number of ether oxygens (including phenoxy) is 1. The molecule has 0 atom stereocenters. The van der Waals surface area contributed by atoms with Crippen LogP contribution in [0.5, 0.6) is 0 Å². The molecule has 29 heavy (non-hydrogen) atoms. The fourth-order valence-electron chi connectivity index (χ4n) is 2.98. The van der Waals surface area contributed by atoms with Gasteiger partial charge < -0.3 is 15.0 Å². The Morgan fingerprint density at radius 1 is 0.931 bits per heavy atom. The summed E-state index contributed by atoms with van der Waals surface area (Å²) in [6.07, 6.45) is 0. The highest BCUT2D eigenvalue weighted by Gasteiger charge is 2.20. The molecule has 1 aromatic heterocycles. The average Bonchev–Trinajstić information content (AvgIpc) is 2.74. The molecule has 0 aliphatic heterocycles. The second-order valence-electron chi connectivity index (χ2n) is 6.31. The van der Waals surface area contributed by atoms with Crippen molar-refractivity contribution in [3.63, 3.8) is 0 Å². The third-order valence-corrected chi connectivity index (χ3v) is 4.48. The highest BCUT2D eigenvalue weighted by molar-refractivity contribution is 6.07. The summed E-state index contributed by atoms with van der Waals surface area (Å²) >= 11 is 0. The number of rotatable bonds is 7. The molecule has 1 amide bonds. The quantitative estimate of drug-likeness (QED) is 0.614. The molecule has 0 saturated carbocycles. The van der Waals surface area contributed by atoms with Crippen molar-refractivity contribution in [1.82, 2.24) is 9.97 Å². The van der Waals surface area contributed by atoms with E-state index in [-0.39, 0.29) is 11.6 Å². The van der Waals surface area contributed by atoms with Crippen LogP contribution in [0.3, 0.4) is 0 Å². The fourth-order valence-corrected chi connectivity index (χ4v) is 2.98. The molecule has 0 unspecified atom stereocenters. The van der Waals surface area contributed by atoms with Crippen LogP contribution in [0.15, 0.2) is 48.5 Å². The van der Waals surface area contributed by atoms with E-state index in [9.17, 15) is 9.59 Å². The maximum absolute atomic E-state index is 13.0. The van der Waals surface area contributed by atoms with Gasteiger partial charge in [-0.1, -0.05) is 12.1 Å². The van der Waals surface area contributed by atoms with Gasteiger partial charge in [0, 0.05) is 18.8 Å². The average molecular weight is 392 g/mol. The lowest BCUT2D eigenvalue weighted by Crippen LogP contribution is -2.27. The van der Waals surface area contributed by atoms with E-state index in [0.717, 1.165) is 5.52 Å². The zero-order chi connectivity index (χ0) is 20.8. The molecule has 2 aromatic carbocycles. The van der Waals surface area contributed by atoms with Gasteiger partial charge in [0.25, 0.3) is 5.91 Å². The highest BCUT2D eigenvalue weighted by Crippen LogP contribution is 2.22. The molecule has 0 fully saturated rings. The summed E-state index contributed by atoms with van der Waals surface area (Å²) in [5.74, 6) is -0.196. The van der Waals surface area contributed by atoms with Crippen LogP contribution in [0.25, 0.3) is 11.0 Å². The van der Waals surface area contributed by atoms with Gasteiger partial charge in [0.15, 0.2) is 11.5 Å². The number of amides is 1. The zero-order valence-electron chi connectivity index (χ0n) is 16.8. The first-order valence-corrected chi connectivity index (χ1v) is 9.67. The standard InChI is InChI=1S/C22H24N4O3/c1-4-26(5-2)20-19(24-17-9-7-8-10-18(17)25-20)21(27)23-16-13-11-15(12-14-16)22(28)29-6-3/h7-14H,4-6H2,1-3H3,(H,23,27). The summed E-state index contributed by atoms with van der Waals surface area (Å²) in [6.45, 7) is 7.50. The van der Waals surface area contributed by atoms with Crippen LogP contribution in [-0.2, 0) is 4.74 Å². The number of para-hydroxylation sites is 2. The maximum Gasteiger partial charge on any atom is 0.338 e. The monoisotopic (exact) mass is 392 g/mol. The van der Waals surface area contributed by atoms with Crippen molar-refractivity contribution in [2.24, 2.45) is 0 Å². The maximum atomic E-state index is 13.0. The lowest BCUT2D eigenvalue weighted by Gasteiger charge is -2.22. The third-order valence-electron chi connectivity index (χ3n) is 4.48. The van der Waals surface area contributed by atoms with Gasteiger partial charge >= 0.3 is 5.97 Å². The van der Waals surface area contributed by atoms with Gasteiger partial charge in [-0.05, 0) is 57.2 Å². The molecule has 0 spiro atoms. The molecule has 0 aliphatic rings. The SMILES string of the molecule is CCOC(=O)c1ccc(NC(=O)c2nc3ccccc3nc2N(CC)CC)cc1. The number of hydrogen-bond donors (Lipinski definition) is 1. The molecule has 1 N–H and O–H groups in total. The van der Waals surface area contributed by atoms with Crippen LogP contribution >= 0.6 is 0 Å². The number of anilines is 2. The molecule has 7 nitrogen and oxygen atoms in total. The highest BCUT2D eigenvalue weighted by atomic mass is 16.5. The van der Waals surface area contributed by atoms with Crippen molar-refractivity contribution in [2.75, 3.05) is 29.9 Å². The fraction of sp³-hybridized carbons (Fsp3) is 0.273. The smallest absolute Gasteiger partial charge is 0.338 e. The Morgan fingerprint density at radius 3 is 2.14 bits per heavy atom. The lowest BCUT2D eigenvalue weighted by molar-refractivity contribution is 0.0526. The third kappa shape index (κ3) is 4.51. The van der Waals surface area contributed by atoms with Crippen molar-refractivity contribution < 1.29 is 14.3 Å². The topological polar surface area (TPSA) is 84.4 Å². The Morgan fingerprint density at radius 2 is 1.55 bits per heavy atom. The molecule has 0 radical (unpaired) electrons. The van der Waals surface area contributed by atoms with Crippen LogP contribution in [-0.4, -0.2) is 41.5 Å². The molecule has 1 heterocycles. The van der Waals surface area contributed by atoms with Gasteiger partial charge in [0.1, 0.15) is 0 Å². The van der Waals surface area contributed by atoms with Crippen LogP contribution in [0, 0.1) is 0 Å². The molecule has 0 bridgehead atoms. The van der Waals surface area contributed by atoms with Gasteiger partial charge in [-0.2, -0.15) is 0 Å². The van der Waals surface area contributed by atoms with Gasteiger partial charge in [0.2, 0.25) is 0 Å². The first-order valence-electron chi connectivity index (χ1n) is 9.67. The molecule has 150 valence electrons. The largest absolute Gasteiger partial charge is 0.462 e. The van der Waals surface area contributed by atoms with E-state index < -0.39 is 5.97 Å². The Kier molecular flexibility index (Phi) is 6.39. The van der Waals surface area contributed by atoms with E-state index in [2.05, 4.69) is 15.3 Å². The Labute approximate surface area is 169 Å². The Hall–Kier alpha value is -3.48. The second-order valence-corrected chi connectivity index (χ2v) is 6.31. The number of nitrogens with zero attached hydrogens (tertiary/aromatic N) is 3. The summed E-state index contributed by atoms with van der Waals surface area (Å²) < 4.78 is 4.98. The van der Waals surface area contributed by atoms with Gasteiger partial charge in [-0.15, -0.1) is 0 Å². The minimum absolute atomic E-state index is 0.266. The first-order chi connectivity index (χ1) is 14.1. The van der Waals surface area contributed by atoms with Crippen molar-refractivity contribution in [3.8, 4) is 0 Å². The number of hydrogen-bond acceptors (Lipinski definition) is 6. The number of nitrogens with one attached hydrogen (secondary N) is 1. The summed E-state index contributed by atoms with van der Waals surface area (Å²) in [5, 5.41) is 2.84. The molecular weight excluding hydrogens is 368 g/mol. The minimum atomic E-state index is -0.394. The van der Waals surface area contributed by atoms with Crippen LogP contribution in [0.2, 0.25) is 0 Å². The van der Waals surface area contributed by atoms with Crippen molar-refractivity contribution in [1.29, 1.82) is 0 Å². The second kappa shape index (κ2) is 9.14. The van der Waals surface area contributed by atoms with E-state index in [0.29, 0.717) is 42.3 Å². The molecule has 0 aliphatic carbocycles.